The highest BCUT2D eigenvalue weighted by molar-refractivity contribution is 8.26. The lowest BCUT2D eigenvalue weighted by atomic mass is 10.1. The molecule has 1 aliphatic carbocycles. The third-order valence-corrected chi connectivity index (χ3v) is 4.72. The molecule has 0 aromatic heterocycles. The van der Waals surface area contributed by atoms with Crippen LogP contribution in [0.4, 0.5) is 4.39 Å². The van der Waals surface area contributed by atoms with E-state index in [2.05, 4.69) is 0 Å². The second-order valence-corrected chi connectivity index (χ2v) is 5.98. The fraction of sp³-hybridized carbons (Fsp3) is 0.154. The van der Waals surface area contributed by atoms with Gasteiger partial charge in [-0.05, 0) is 23.3 Å². The summed E-state index contributed by atoms with van der Waals surface area (Å²) in [7, 11) is 1.57. The molecule has 3 nitrogen and oxygen atoms in total. The van der Waals surface area contributed by atoms with E-state index in [-0.39, 0.29) is 18.1 Å². The molecular weight excluding hydrogens is 285 g/mol. The normalized spacial score (nSPS) is 22.4. The van der Waals surface area contributed by atoms with Crippen LogP contribution in [0.2, 0.25) is 0 Å². The van der Waals surface area contributed by atoms with Gasteiger partial charge in [-0.2, -0.15) is 0 Å². The van der Waals surface area contributed by atoms with Gasteiger partial charge >= 0.3 is 0 Å². The van der Waals surface area contributed by atoms with Crippen LogP contribution in [0, 0.1) is 5.82 Å². The Kier molecular flexibility index (Phi) is 2.79. The number of ketones is 1. The van der Waals surface area contributed by atoms with Gasteiger partial charge in [-0.1, -0.05) is 30.0 Å². The molecule has 0 N–H and O–H groups in total. The summed E-state index contributed by atoms with van der Waals surface area (Å²) in [6.45, 7) is 0. The van der Waals surface area contributed by atoms with Crippen molar-refractivity contribution in [2.24, 2.45) is 0 Å². The number of hydrogen-bond acceptors (Lipinski definition) is 4. The molecule has 1 amide bonds. The minimum atomic E-state index is -0.419. The van der Waals surface area contributed by atoms with Crippen molar-refractivity contribution in [3.63, 3.8) is 0 Å². The van der Waals surface area contributed by atoms with Crippen molar-refractivity contribution in [3.8, 4) is 0 Å². The molecule has 0 bridgehead atoms. The number of allylic oxidation sites excluding steroid dienone is 1. The maximum absolute atomic E-state index is 13.3. The number of thiocarbonyl (C=S) groups is 1. The number of carbonyl (C=O) groups excluding carboxylic acids is 2. The van der Waals surface area contributed by atoms with E-state index in [1.807, 2.05) is 0 Å². The molecule has 0 spiro atoms. The van der Waals surface area contributed by atoms with Crippen molar-refractivity contribution in [1.29, 1.82) is 0 Å². The molecule has 1 fully saturated rings. The van der Waals surface area contributed by atoms with Crippen LogP contribution in [0.5, 0.6) is 0 Å². The molecule has 0 unspecified atom stereocenters. The lowest BCUT2D eigenvalue weighted by molar-refractivity contribution is -0.121. The van der Waals surface area contributed by atoms with Crippen LogP contribution < -0.4 is 0 Å². The number of hydrogen-bond donors (Lipinski definition) is 0. The van der Waals surface area contributed by atoms with E-state index >= 15 is 0 Å². The Hall–Kier alpha value is -1.53. The Morgan fingerprint density at radius 3 is 2.74 bits per heavy atom. The van der Waals surface area contributed by atoms with Crippen LogP contribution >= 0.6 is 24.0 Å². The first-order chi connectivity index (χ1) is 8.99. The fourth-order valence-corrected chi connectivity index (χ4v) is 3.47. The predicted molar refractivity (Wildman–Crippen MR) is 75.0 cm³/mol. The summed E-state index contributed by atoms with van der Waals surface area (Å²) in [5, 5.41) is 0. The van der Waals surface area contributed by atoms with E-state index in [4.69, 9.17) is 12.2 Å². The van der Waals surface area contributed by atoms with Gasteiger partial charge in [0, 0.05) is 19.0 Å². The van der Waals surface area contributed by atoms with Crippen LogP contribution in [0.15, 0.2) is 23.1 Å². The number of fused-ring (bicyclic) bond motifs is 1. The van der Waals surface area contributed by atoms with Gasteiger partial charge in [0.2, 0.25) is 0 Å². The van der Waals surface area contributed by atoms with Gasteiger partial charge in [0.05, 0.1) is 4.91 Å². The Morgan fingerprint density at radius 1 is 1.37 bits per heavy atom. The number of amides is 1. The Bertz CT molecular complexity index is 681. The molecule has 2 aliphatic rings. The summed E-state index contributed by atoms with van der Waals surface area (Å²) in [6.07, 6.45) is 0.207. The van der Waals surface area contributed by atoms with E-state index < -0.39 is 5.82 Å². The van der Waals surface area contributed by atoms with Crippen LogP contribution in [0.3, 0.4) is 0 Å². The molecule has 19 heavy (non-hydrogen) atoms. The first-order valence-corrected chi connectivity index (χ1v) is 6.77. The molecule has 96 valence electrons. The van der Waals surface area contributed by atoms with E-state index in [1.54, 1.807) is 13.1 Å². The van der Waals surface area contributed by atoms with E-state index in [1.165, 1.54) is 17.0 Å². The topological polar surface area (TPSA) is 37.4 Å². The van der Waals surface area contributed by atoms with Crippen molar-refractivity contribution in [1.82, 2.24) is 4.90 Å². The van der Waals surface area contributed by atoms with Crippen LogP contribution in [-0.4, -0.2) is 28.0 Å². The second-order valence-electron chi connectivity index (χ2n) is 4.34. The molecular formula is C13H8FNO2S2. The van der Waals surface area contributed by atoms with Gasteiger partial charge in [-0.25, -0.2) is 4.39 Å². The largest absolute Gasteiger partial charge is 0.296 e. The summed E-state index contributed by atoms with van der Waals surface area (Å²) in [5.41, 5.74) is 1.57. The fourth-order valence-electron chi connectivity index (χ4n) is 2.19. The Morgan fingerprint density at radius 2 is 2.11 bits per heavy atom. The van der Waals surface area contributed by atoms with Crippen molar-refractivity contribution in [2.75, 3.05) is 7.05 Å². The average molecular weight is 293 g/mol. The summed E-state index contributed by atoms with van der Waals surface area (Å²) in [6, 6.07) is 4.21. The number of benzene rings is 1. The van der Waals surface area contributed by atoms with Crippen molar-refractivity contribution in [3.05, 3.63) is 40.0 Å². The molecule has 1 aromatic rings. The average Bonchev–Trinajstić information content (AvgIpc) is 2.80. The van der Waals surface area contributed by atoms with Gasteiger partial charge in [0.25, 0.3) is 5.91 Å². The van der Waals surface area contributed by atoms with Gasteiger partial charge in [-0.3, -0.25) is 14.5 Å². The summed E-state index contributed by atoms with van der Waals surface area (Å²) < 4.78 is 13.7. The van der Waals surface area contributed by atoms with Gasteiger partial charge < -0.3 is 0 Å². The number of likely N-dealkylation sites (N-methyl/N-ethyl adjacent to an activating group) is 1. The first-order valence-electron chi connectivity index (χ1n) is 5.55. The van der Waals surface area contributed by atoms with Crippen LogP contribution in [0.1, 0.15) is 11.1 Å². The van der Waals surface area contributed by atoms with Crippen LogP contribution in [-0.2, 0) is 16.0 Å². The number of nitrogens with zero attached hydrogens (tertiary/aromatic N) is 1. The quantitative estimate of drug-likeness (QED) is 0.542. The maximum Gasteiger partial charge on any atom is 0.266 e. The van der Waals surface area contributed by atoms with Crippen LogP contribution in [0.25, 0.3) is 5.57 Å². The Labute approximate surface area is 118 Å². The standard InChI is InChI=1S/C13H8FNO2S2/c1-15-12(17)11(19-13(15)18)10-8-5-7(14)3-2-6(8)4-9(10)16/h2-3,5H,4H2,1H3/b11-10-. The van der Waals surface area contributed by atoms with Gasteiger partial charge in [-0.15, -0.1) is 0 Å². The maximum atomic E-state index is 13.3. The summed E-state index contributed by atoms with van der Waals surface area (Å²) >= 11 is 6.14. The SMILES string of the molecule is CN1C(=O)/C(=C2/C(=O)Cc3ccc(F)cc32)SC1=S. The number of Topliss-reactive ketones (excluding diaryl/α,β-unsaturated/α-hetero) is 1. The number of rotatable bonds is 0. The van der Waals surface area contributed by atoms with Gasteiger partial charge in [0.15, 0.2) is 5.78 Å². The monoisotopic (exact) mass is 293 g/mol. The molecule has 0 saturated carbocycles. The molecule has 1 aliphatic heterocycles. The minimum Gasteiger partial charge on any atom is -0.296 e. The van der Waals surface area contributed by atoms with E-state index in [0.29, 0.717) is 20.4 Å². The third kappa shape index (κ3) is 1.82. The summed E-state index contributed by atoms with van der Waals surface area (Å²) in [5.74, 6) is -0.872. The molecule has 3 rings (SSSR count). The minimum absolute atomic E-state index is 0.158. The van der Waals surface area contributed by atoms with Crippen molar-refractivity contribution < 1.29 is 14.0 Å². The van der Waals surface area contributed by atoms with Crippen molar-refractivity contribution >= 4 is 45.6 Å². The lowest BCUT2D eigenvalue weighted by Gasteiger charge is -2.05. The molecule has 0 atom stereocenters. The predicted octanol–water partition coefficient (Wildman–Crippen LogP) is 2.15. The highest BCUT2D eigenvalue weighted by Gasteiger charge is 2.37. The molecule has 0 radical (unpaired) electrons. The number of carbonyl (C=O) groups is 2. The zero-order chi connectivity index (χ0) is 13.7. The highest BCUT2D eigenvalue weighted by atomic mass is 32.2. The molecule has 1 saturated heterocycles. The zero-order valence-electron chi connectivity index (χ0n) is 9.90. The second kappa shape index (κ2) is 4.25. The highest BCUT2D eigenvalue weighted by Crippen LogP contribution is 2.40. The van der Waals surface area contributed by atoms with Crippen molar-refractivity contribution in [2.45, 2.75) is 6.42 Å². The van der Waals surface area contributed by atoms with Gasteiger partial charge in [0.1, 0.15) is 10.1 Å². The zero-order valence-corrected chi connectivity index (χ0v) is 11.5. The Balaban J connectivity index is 2.22. The number of halogens is 1. The number of thioether (sulfide) groups is 1. The first kappa shape index (κ1) is 12.5. The molecule has 1 aromatic carbocycles. The van der Waals surface area contributed by atoms with E-state index in [0.717, 1.165) is 17.3 Å². The lowest BCUT2D eigenvalue weighted by Crippen LogP contribution is -2.22. The smallest absolute Gasteiger partial charge is 0.266 e. The third-order valence-electron chi connectivity index (χ3n) is 3.16. The molecule has 6 heteroatoms. The van der Waals surface area contributed by atoms with E-state index in [9.17, 15) is 14.0 Å². The molecule has 1 heterocycles. The summed E-state index contributed by atoms with van der Waals surface area (Å²) in [4.78, 5) is 25.8.